The normalized spacial score (nSPS) is 10.6. The molecular formula is C21H22N2O2S. The summed E-state index contributed by atoms with van der Waals surface area (Å²) >= 11 is 1.41. The summed E-state index contributed by atoms with van der Waals surface area (Å²) in [6.07, 6.45) is 0. The molecule has 0 spiro atoms. The maximum Gasteiger partial charge on any atom is 0.264 e. The highest BCUT2D eigenvalue weighted by Crippen LogP contribution is 2.28. The summed E-state index contributed by atoms with van der Waals surface area (Å²) in [5, 5.41) is 5.34. The lowest BCUT2D eigenvalue weighted by Crippen LogP contribution is -2.20. The molecule has 5 heteroatoms. The number of carbonyl (C=O) groups excluding carboxylic acids is 1. The summed E-state index contributed by atoms with van der Waals surface area (Å²) in [4.78, 5) is 16.7. The molecule has 134 valence electrons. The van der Waals surface area contributed by atoms with Crippen molar-refractivity contribution in [2.24, 2.45) is 0 Å². The lowest BCUT2D eigenvalue weighted by Gasteiger charge is -2.08. The first-order chi connectivity index (χ1) is 12.4. The Labute approximate surface area is 157 Å². The van der Waals surface area contributed by atoms with Gasteiger partial charge in [0.2, 0.25) is 0 Å². The summed E-state index contributed by atoms with van der Waals surface area (Å²) in [5.74, 6) is 0.476. The third-order valence-corrected chi connectivity index (χ3v) is 5.03. The van der Waals surface area contributed by atoms with E-state index in [4.69, 9.17) is 4.74 Å². The van der Waals surface area contributed by atoms with E-state index in [1.54, 1.807) is 0 Å². The Bertz CT molecular complexity index is 947. The molecule has 0 saturated carbocycles. The van der Waals surface area contributed by atoms with Gasteiger partial charge in [0.25, 0.3) is 5.91 Å². The van der Waals surface area contributed by atoms with Crippen LogP contribution in [0.2, 0.25) is 0 Å². The fraction of sp³-hybridized carbons (Fsp3) is 0.238. The number of amides is 1. The maximum atomic E-state index is 12.1. The molecule has 1 N–H and O–H groups in total. The van der Waals surface area contributed by atoms with Gasteiger partial charge in [0.15, 0.2) is 11.7 Å². The Hall–Kier alpha value is -2.66. The van der Waals surface area contributed by atoms with E-state index in [1.165, 1.54) is 22.5 Å². The number of aryl methyl sites for hydroxylation is 4. The minimum atomic E-state index is -0.218. The van der Waals surface area contributed by atoms with Crippen LogP contribution in [-0.4, -0.2) is 17.5 Å². The molecule has 4 nitrogen and oxygen atoms in total. The number of ether oxygens (including phenoxy) is 1. The van der Waals surface area contributed by atoms with Crippen LogP contribution in [0.4, 0.5) is 5.13 Å². The van der Waals surface area contributed by atoms with Gasteiger partial charge in [-0.1, -0.05) is 23.8 Å². The van der Waals surface area contributed by atoms with E-state index >= 15 is 0 Å². The standard InChI is InChI=1S/C21H22N2O2S/c1-13-5-6-15(3)18(9-13)19-12-26-21(22-19)23-20(24)11-25-17-8-7-14(2)16(4)10-17/h5-10,12H,11H2,1-4H3,(H,22,23,24). The van der Waals surface area contributed by atoms with Gasteiger partial charge in [0.1, 0.15) is 5.75 Å². The minimum Gasteiger partial charge on any atom is -0.484 e. The SMILES string of the molecule is Cc1ccc(C)c(-c2csc(NC(=O)COc3ccc(C)c(C)c3)n2)c1. The molecule has 0 atom stereocenters. The molecule has 2 aromatic carbocycles. The molecule has 0 bridgehead atoms. The lowest BCUT2D eigenvalue weighted by molar-refractivity contribution is -0.118. The molecule has 1 amide bonds. The van der Waals surface area contributed by atoms with Crippen LogP contribution < -0.4 is 10.1 Å². The van der Waals surface area contributed by atoms with Gasteiger partial charge in [-0.25, -0.2) is 4.98 Å². The highest BCUT2D eigenvalue weighted by Gasteiger charge is 2.11. The number of carbonyl (C=O) groups is 1. The van der Waals surface area contributed by atoms with Crippen molar-refractivity contribution in [2.75, 3.05) is 11.9 Å². The summed E-state index contributed by atoms with van der Waals surface area (Å²) in [6.45, 7) is 8.14. The summed E-state index contributed by atoms with van der Waals surface area (Å²) in [5.41, 5.74) is 6.65. The molecule has 26 heavy (non-hydrogen) atoms. The quantitative estimate of drug-likeness (QED) is 0.686. The number of aromatic nitrogens is 1. The Kier molecular flexibility index (Phi) is 5.38. The smallest absolute Gasteiger partial charge is 0.264 e. The predicted molar refractivity (Wildman–Crippen MR) is 107 cm³/mol. The molecule has 3 rings (SSSR count). The van der Waals surface area contributed by atoms with E-state index in [0.717, 1.165) is 22.4 Å². The van der Waals surface area contributed by atoms with Gasteiger partial charge in [0, 0.05) is 10.9 Å². The van der Waals surface area contributed by atoms with Crippen LogP contribution in [0.15, 0.2) is 41.8 Å². The minimum absolute atomic E-state index is 0.0408. The largest absolute Gasteiger partial charge is 0.484 e. The molecule has 0 unspecified atom stereocenters. The first-order valence-corrected chi connectivity index (χ1v) is 9.33. The fourth-order valence-electron chi connectivity index (χ4n) is 2.57. The topological polar surface area (TPSA) is 51.2 Å². The first-order valence-electron chi connectivity index (χ1n) is 8.45. The monoisotopic (exact) mass is 366 g/mol. The number of benzene rings is 2. The van der Waals surface area contributed by atoms with Gasteiger partial charge in [0.05, 0.1) is 5.69 Å². The zero-order chi connectivity index (χ0) is 18.7. The Morgan fingerprint density at radius 2 is 1.81 bits per heavy atom. The summed E-state index contributed by atoms with van der Waals surface area (Å²) < 4.78 is 5.57. The van der Waals surface area contributed by atoms with Crippen molar-refractivity contribution in [3.63, 3.8) is 0 Å². The molecule has 0 radical (unpaired) electrons. The van der Waals surface area contributed by atoms with Crippen molar-refractivity contribution in [1.29, 1.82) is 0 Å². The van der Waals surface area contributed by atoms with Crippen molar-refractivity contribution >= 4 is 22.4 Å². The molecule has 0 fully saturated rings. The Morgan fingerprint density at radius 1 is 1.04 bits per heavy atom. The molecule has 0 aliphatic carbocycles. The molecular weight excluding hydrogens is 344 g/mol. The van der Waals surface area contributed by atoms with E-state index < -0.39 is 0 Å². The number of anilines is 1. The van der Waals surface area contributed by atoms with E-state index in [0.29, 0.717) is 10.9 Å². The zero-order valence-electron chi connectivity index (χ0n) is 15.4. The Balaban J connectivity index is 1.62. The van der Waals surface area contributed by atoms with E-state index in [1.807, 2.05) is 37.4 Å². The van der Waals surface area contributed by atoms with Crippen molar-refractivity contribution in [3.8, 4) is 17.0 Å². The van der Waals surface area contributed by atoms with Crippen molar-refractivity contribution < 1.29 is 9.53 Å². The summed E-state index contributed by atoms with van der Waals surface area (Å²) in [6, 6.07) is 12.1. The van der Waals surface area contributed by atoms with Crippen LogP contribution in [0.5, 0.6) is 5.75 Å². The third kappa shape index (κ3) is 4.29. The zero-order valence-corrected chi connectivity index (χ0v) is 16.2. The third-order valence-electron chi connectivity index (χ3n) is 4.27. The average Bonchev–Trinajstić information content (AvgIpc) is 3.06. The van der Waals surface area contributed by atoms with E-state index in [2.05, 4.69) is 42.3 Å². The van der Waals surface area contributed by atoms with Crippen LogP contribution >= 0.6 is 11.3 Å². The molecule has 1 aromatic heterocycles. The van der Waals surface area contributed by atoms with Gasteiger partial charge in [-0.05, 0) is 62.6 Å². The number of thiazole rings is 1. The van der Waals surface area contributed by atoms with Gasteiger partial charge in [-0.3, -0.25) is 10.1 Å². The Morgan fingerprint density at radius 3 is 2.58 bits per heavy atom. The van der Waals surface area contributed by atoms with Crippen LogP contribution in [0, 0.1) is 27.7 Å². The summed E-state index contributed by atoms with van der Waals surface area (Å²) in [7, 11) is 0. The van der Waals surface area contributed by atoms with Crippen LogP contribution in [0.3, 0.4) is 0 Å². The van der Waals surface area contributed by atoms with Crippen LogP contribution in [0.25, 0.3) is 11.3 Å². The molecule has 0 aliphatic rings. The highest BCUT2D eigenvalue weighted by molar-refractivity contribution is 7.14. The second kappa shape index (κ2) is 7.70. The maximum absolute atomic E-state index is 12.1. The average molecular weight is 366 g/mol. The number of hydrogen-bond acceptors (Lipinski definition) is 4. The predicted octanol–water partition coefficient (Wildman–Crippen LogP) is 5.06. The first kappa shape index (κ1) is 18.1. The highest BCUT2D eigenvalue weighted by atomic mass is 32.1. The van der Waals surface area contributed by atoms with E-state index in [-0.39, 0.29) is 12.5 Å². The number of nitrogens with one attached hydrogen (secondary N) is 1. The van der Waals surface area contributed by atoms with Gasteiger partial charge in [-0.2, -0.15) is 0 Å². The van der Waals surface area contributed by atoms with Crippen LogP contribution in [-0.2, 0) is 4.79 Å². The van der Waals surface area contributed by atoms with E-state index in [9.17, 15) is 4.79 Å². The molecule has 0 saturated heterocycles. The number of nitrogens with zero attached hydrogens (tertiary/aromatic N) is 1. The second-order valence-electron chi connectivity index (χ2n) is 6.44. The van der Waals surface area contributed by atoms with Crippen molar-refractivity contribution in [3.05, 3.63) is 64.0 Å². The molecule has 1 heterocycles. The second-order valence-corrected chi connectivity index (χ2v) is 7.30. The number of hydrogen-bond donors (Lipinski definition) is 1. The van der Waals surface area contributed by atoms with Gasteiger partial charge < -0.3 is 4.74 Å². The van der Waals surface area contributed by atoms with Crippen LogP contribution in [0.1, 0.15) is 22.3 Å². The fourth-order valence-corrected chi connectivity index (χ4v) is 3.30. The lowest BCUT2D eigenvalue weighted by atomic mass is 10.0. The van der Waals surface area contributed by atoms with Crippen molar-refractivity contribution in [1.82, 2.24) is 4.98 Å². The molecule has 3 aromatic rings. The molecule has 0 aliphatic heterocycles. The van der Waals surface area contributed by atoms with Gasteiger partial charge >= 0.3 is 0 Å². The van der Waals surface area contributed by atoms with Crippen molar-refractivity contribution in [2.45, 2.75) is 27.7 Å². The number of rotatable bonds is 5. The van der Waals surface area contributed by atoms with Gasteiger partial charge in [-0.15, -0.1) is 11.3 Å².